The van der Waals surface area contributed by atoms with E-state index in [9.17, 15) is 8.42 Å². The van der Waals surface area contributed by atoms with E-state index in [1.165, 1.54) is 6.26 Å². The van der Waals surface area contributed by atoms with Crippen molar-refractivity contribution >= 4 is 32.5 Å². The molecule has 0 saturated carbocycles. The van der Waals surface area contributed by atoms with Gasteiger partial charge in [0.15, 0.2) is 15.7 Å². The molecule has 0 N–H and O–H groups in total. The Morgan fingerprint density at radius 1 is 1.03 bits per heavy atom. The number of benzene rings is 2. The highest BCUT2D eigenvalue weighted by molar-refractivity contribution is 7.98. The lowest BCUT2D eigenvalue weighted by Crippen LogP contribution is -2.36. The van der Waals surface area contributed by atoms with Gasteiger partial charge < -0.3 is 4.74 Å². The van der Waals surface area contributed by atoms with Gasteiger partial charge in [0.1, 0.15) is 10.9 Å². The largest absolute Gasteiger partial charge is 0.379 e. The van der Waals surface area contributed by atoms with E-state index in [1.807, 2.05) is 24.3 Å². The summed E-state index contributed by atoms with van der Waals surface area (Å²) in [5.41, 5.74) is 1.59. The highest BCUT2D eigenvalue weighted by Crippen LogP contribution is 2.28. The number of hydrogen-bond acceptors (Lipinski definition) is 10. The predicted octanol–water partition coefficient (Wildman–Crippen LogP) is 2.13. The molecule has 10 nitrogen and oxygen atoms in total. The molecule has 1 fully saturated rings. The lowest BCUT2D eigenvalue weighted by Gasteiger charge is -2.25. The van der Waals surface area contributed by atoms with Crippen molar-refractivity contribution < 1.29 is 13.2 Å². The van der Waals surface area contributed by atoms with Crippen LogP contribution < -0.4 is 0 Å². The summed E-state index contributed by atoms with van der Waals surface area (Å²) < 4.78 is 30.5. The maximum absolute atomic E-state index is 11.7. The Kier molecular flexibility index (Phi) is 6.55. The summed E-state index contributed by atoms with van der Waals surface area (Å²) in [6.45, 7) is 3.86. The molecule has 12 heteroatoms. The van der Waals surface area contributed by atoms with Crippen molar-refractivity contribution in [2.45, 2.75) is 22.2 Å². The Bertz CT molecular complexity index is 1400. The molecule has 0 atom stereocenters. The van der Waals surface area contributed by atoms with Crippen LogP contribution in [-0.2, 0) is 26.9 Å². The number of fused-ring (bicyclic) bond motifs is 1. The van der Waals surface area contributed by atoms with Crippen molar-refractivity contribution in [3.63, 3.8) is 0 Å². The first-order chi connectivity index (χ1) is 16.5. The summed E-state index contributed by atoms with van der Waals surface area (Å²) in [4.78, 5) is 12.2. The summed E-state index contributed by atoms with van der Waals surface area (Å²) in [7, 11) is -3.27. The third kappa shape index (κ3) is 5.09. The number of nitrogens with zero attached hydrogens (tertiary/aromatic N) is 7. The zero-order chi connectivity index (χ0) is 23.5. The first kappa shape index (κ1) is 22.8. The summed E-state index contributed by atoms with van der Waals surface area (Å²) in [6.07, 6.45) is 1.18. The Morgan fingerprint density at radius 3 is 2.56 bits per heavy atom. The fourth-order valence-electron chi connectivity index (χ4n) is 3.70. The van der Waals surface area contributed by atoms with E-state index in [2.05, 4.69) is 20.4 Å². The van der Waals surface area contributed by atoms with E-state index in [-0.39, 0.29) is 4.90 Å². The van der Waals surface area contributed by atoms with E-state index >= 15 is 0 Å². The topological polar surface area (TPSA) is 116 Å². The van der Waals surface area contributed by atoms with Gasteiger partial charge in [-0.2, -0.15) is 4.68 Å². The molecule has 0 unspecified atom stereocenters. The van der Waals surface area contributed by atoms with E-state index in [1.54, 1.807) is 40.7 Å². The molecule has 0 spiro atoms. The van der Waals surface area contributed by atoms with Gasteiger partial charge in [0, 0.05) is 24.7 Å². The molecule has 1 aliphatic rings. The average molecular weight is 498 g/mol. The van der Waals surface area contributed by atoms with Crippen LogP contribution in [0, 0.1) is 0 Å². The van der Waals surface area contributed by atoms with Crippen LogP contribution in [-0.4, -0.2) is 76.1 Å². The second-order valence-corrected chi connectivity index (χ2v) is 10.9. The van der Waals surface area contributed by atoms with Crippen molar-refractivity contribution in [1.29, 1.82) is 0 Å². The Labute approximate surface area is 201 Å². The Morgan fingerprint density at radius 2 is 1.79 bits per heavy atom. The Balaban J connectivity index is 1.39. The van der Waals surface area contributed by atoms with Crippen LogP contribution in [0.4, 0.5) is 0 Å². The number of ether oxygens (including phenoxy) is 1. The van der Waals surface area contributed by atoms with Gasteiger partial charge in [0.05, 0.1) is 41.6 Å². The van der Waals surface area contributed by atoms with Gasteiger partial charge in [-0.05, 0) is 40.8 Å². The zero-order valence-electron chi connectivity index (χ0n) is 18.5. The molecule has 1 saturated heterocycles. The van der Waals surface area contributed by atoms with Crippen molar-refractivity contribution in [2.24, 2.45) is 0 Å². The lowest BCUT2D eigenvalue weighted by molar-refractivity contribution is 0.0330. The van der Waals surface area contributed by atoms with Crippen LogP contribution in [0.5, 0.6) is 0 Å². The average Bonchev–Trinajstić information content (AvgIpc) is 3.31. The van der Waals surface area contributed by atoms with Crippen LogP contribution in [0.15, 0.2) is 58.5 Å². The highest BCUT2D eigenvalue weighted by Gasteiger charge is 2.16. The third-order valence-electron chi connectivity index (χ3n) is 5.46. The number of tetrazole rings is 1. The predicted molar refractivity (Wildman–Crippen MR) is 127 cm³/mol. The first-order valence-electron chi connectivity index (χ1n) is 10.7. The van der Waals surface area contributed by atoms with Gasteiger partial charge in [-0.25, -0.2) is 18.4 Å². The Hall–Kier alpha value is -2.93. The maximum atomic E-state index is 11.7. The smallest absolute Gasteiger partial charge is 0.175 e. The highest BCUT2D eigenvalue weighted by atomic mass is 32.2. The van der Waals surface area contributed by atoms with E-state index in [4.69, 9.17) is 14.7 Å². The van der Waals surface area contributed by atoms with Gasteiger partial charge in [0.2, 0.25) is 0 Å². The lowest BCUT2D eigenvalue weighted by atomic mass is 10.2. The van der Waals surface area contributed by atoms with Gasteiger partial charge in [-0.15, -0.1) is 5.10 Å². The van der Waals surface area contributed by atoms with Gasteiger partial charge >= 0.3 is 0 Å². The molecule has 5 rings (SSSR count). The molecule has 0 radical (unpaired) electrons. The first-order valence-corrected chi connectivity index (χ1v) is 13.6. The molecular weight excluding hydrogens is 474 g/mol. The quantitative estimate of drug-likeness (QED) is 0.278. The summed E-state index contributed by atoms with van der Waals surface area (Å²) >= 11 is 1.55. The number of rotatable bonds is 7. The molecule has 176 valence electrons. The van der Waals surface area contributed by atoms with Crippen molar-refractivity contribution in [1.82, 2.24) is 35.1 Å². The minimum absolute atomic E-state index is 0.250. The van der Waals surface area contributed by atoms with Crippen molar-refractivity contribution in [3.05, 3.63) is 60.2 Å². The minimum atomic E-state index is -3.27. The zero-order valence-corrected chi connectivity index (χ0v) is 20.2. The summed E-state index contributed by atoms with van der Waals surface area (Å²) in [5.74, 6) is 1.90. The molecular formula is C22H23N7O3S2. The second-order valence-electron chi connectivity index (χ2n) is 7.91. The molecule has 2 aromatic carbocycles. The molecule has 0 amide bonds. The van der Waals surface area contributed by atoms with E-state index < -0.39 is 9.84 Å². The third-order valence-corrected chi connectivity index (χ3v) is 7.58. The minimum Gasteiger partial charge on any atom is -0.379 e. The second kappa shape index (κ2) is 9.74. The van der Waals surface area contributed by atoms with Crippen LogP contribution in [0.3, 0.4) is 0 Å². The molecule has 2 aromatic heterocycles. The molecule has 3 heterocycles. The van der Waals surface area contributed by atoms with Gasteiger partial charge in [-0.3, -0.25) is 4.90 Å². The normalized spacial score (nSPS) is 15.1. The molecule has 0 bridgehead atoms. The monoisotopic (exact) mass is 497 g/mol. The molecule has 1 aliphatic heterocycles. The summed E-state index contributed by atoms with van der Waals surface area (Å²) in [6, 6.07) is 14.5. The number of thioether (sulfide) groups is 1. The van der Waals surface area contributed by atoms with E-state index in [0.717, 1.165) is 48.1 Å². The van der Waals surface area contributed by atoms with Crippen LogP contribution in [0.1, 0.15) is 11.6 Å². The van der Waals surface area contributed by atoms with Gasteiger partial charge in [0.25, 0.3) is 0 Å². The fraction of sp³-hybridized carbons (Fsp3) is 0.318. The number of hydrogen-bond donors (Lipinski definition) is 0. The molecule has 4 aromatic rings. The molecule has 34 heavy (non-hydrogen) atoms. The van der Waals surface area contributed by atoms with Crippen LogP contribution in [0.2, 0.25) is 0 Å². The fourth-order valence-corrected chi connectivity index (χ4v) is 5.27. The standard InChI is InChI=1S/C22H23N7O3S2/c1-34(30,31)17-8-6-16(7-9-17)29-21(25-26-27-29)15-33-22-18-4-2-3-5-19(18)23-20(24-22)14-28-10-12-32-13-11-28/h2-9H,10-15H2,1H3. The SMILES string of the molecule is CS(=O)(=O)c1ccc(-n2nnnc2CSc2nc(CN3CCOCC3)nc3ccccc23)cc1. The number of morpholine rings is 1. The van der Waals surface area contributed by atoms with Crippen molar-refractivity contribution in [2.75, 3.05) is 32.6 Å². The van der Waals surface area contributed by atoms with Crippen molar-refractivity contribution in [3.8, 4) is 5.69 Å². The number of aromatic nitrogens is 6. The van der Waals surface area contributed by atoms with Gasteiger partial charge in [-0.1, -0.05) is 30.0 Å². The number of para-hydroxylation sites is 1. The van der Waals surface area contributed by atoms with Crippen LogP contribution in [0.25, 0.3) is 16.6 Å². The van der Waals surface area contributed by atoms with Crippen LogP contribution >= 0.6 is 11.8 Å². The molecule has 0 aliphatic carbocycles. The van der Waals surface area contributed by atoms with E-state index in [0.29, 0.717) is 23.8 Å². The number of sulfone groups is 1. The maximum Gasteiger partial charge on any atom is 0.175 e. The summed E-state index contributed by atoms with van der Waals surface area (Å²) in [5, 5.41) is 13.9.